The molecule has 1 amide bonds. The molecule has 1 aliphatic heterocycles. The van der Waals surface area contributed by atoms with E-state index in [2.05, 4.69) is 14.7 Å². The number of nitrogens with two attached hydrogens (primary N) is 1. The zero-order valence-corrected chi connectivity index (χ0v) is 14.3. The van der Waals surface area contributed by atoms with Gasteiger partial charge in [-0.3, -0.25) is 4.79 Å². The number of nitrogen functional groups attached to an aromatic ring is 1. The maximum absolute atomic E-state index is 12.0. The molecule has 0 spiro atoms. The molecule has 0 unspecified atom stereocenters. The van der Waals surface area contributed by atoms with Crippen LogP contribution < -0.4 is 11.1 Å². The minimum Gasteiger partial charge on any atom is -0.397 e. The van der Waals surface area contributed by atoms with Crippen molar-refractivity contribution in [2.45, 2.75) is 0 Å². The second-order valence-corrected chi connectivity index (χ2v) is 9.14. The minimum absolute atomic E-state index is 0.164. The average molecular weight is 331 g/mol. The van der Waals surface area contributed by atoms with Crippen molar-refractivity contribution in [3.8, 4) is 0 Å². The van der Waals surface area contributed by atoms with Crippen LogP contribution in [0.15, 0.2) is 12.3 Å². The smallest absolute Gasteiger partial charge is 0.268 e. The Morgan fingerprint density at radius 3 is 2.57 bits per heavy atom. The normalized spacial score (nSPS) is 19.0. The number of carbonyl (C=O) groups is 1. The molecule has 0 saturated carbocycles. The molecule has 1 aromatic rings. The van der Waals surface area contributed by atoms with Gasteiger partial charge in [-0.2, -0.15) is 0 Å². The van der Waals surface area contributed by atoms with E-state index in [1.165, 1.54) is 0 Å². The summed E-state index contributed by atoms with van der Waals surface area (Å²) in [5.41, 5.74) is 6.76. The molecule has 2 heterocycles. The van der Waals surface area contributed by atoms with Gasteiger partial charge in [-0.15, -0.1) is 0 Å². The first-order chi connectivity index (χ1) is 9.84. The summed E-state index contributed by atoms with van der Waals surface area (Å²) in [4.78, 5) is 12.0. The lowest BCUT2D eigenvalue weighted by Gasteiger charge is -2.28. The highest BCUT2D eigenvalue weighted by molar-refractivity contribution is 8.10. The molecule has 1 saturated heterocycles. The summed E-state index contributed by atoms with van der Waals surface area (Å²) in [6, 6.07) is 1.65. The zero-order chi connectivity index (χ0) is 15.6. The maximum Gasteiger partial charge on any atom is 0.268 e. The lowest BCUT2D eigenvalue weighted by Crippen LogP contribution is -2.29. The number of carbonyl (C=O) groups excluding carboxylic acids is 1. The van der Waals surface area contributed by atoms with Crippen LogP contribution in [0, 0.1) is 0 Å². The van der Waals surface area contributed by atoms with Crippen molar-refractivity contribution in [1.29, 1.82) is 0 Å². The first kappa shape index (κ1) is 16.5. The third-order valence-corrected chi connectivity index (χ3v) is 8.15. The number of amides is 1. The molecule has 1 fully saturated rings. The fourth-order valence-electron chi connectivity index (χ4n) is 2.24. The molecule has 2 rings (SSSR count). The van der Waals surface area contributed by atoms with E-state index >= 15 is 0 Å². The van der Waals surface area contributed by atoms with E-state index in [9.17, 15) is 4.79 Å². The quantitative estimate of drug-likeness (QED) is 0.603. The standard InChI is InChI=1S/C12H22N5O2PS/c1-15-9-10(13)8-11(15)12(18)14-4-7-19-20(21)16(2)5-6-17(20)3/h8-9H,4-7,13H2,1-3H3,(H,14,18). The molecule has 9 heteroatoms. The van der Waals surface area contributed by atoms with Crippen LogP contribution in [0.25, 0.3) is 0 Å². The summed E-state index contributed by atoms with van der Waals surface area (Å²) >= 11 is 5.62. The predicted molar refractivity (Wildman–Crippen MR) is 87.7 cm³/mol. The molecular formula is C12H22N5O2PS. The number of aromatic nitrogens is 1. The first-order valence-corrected chi connectivity index (χ1v) is 9.35. The summed E-state index contributed by atoms with van der Waals surface area (Å²) in [5.74, 6) is -0.164. The van der Waals surface area contributed by atoms with Gasteiger partial charge in [0.1, 0.15) is 5.69 Å². The molecule has 3 N–H and O–H groups in total. The van der Waals surface area contributed by atoms with Crippen LogP contribution in [-0.2, 0) is 23.4 Å². The van der Waals surface area contributed by atoms with E-state index < -0.39 is 6.57 Å². The van der Waals surface area contributed by atoms with Crippen molar-refractivity contribution in [2.75, 3.05) is 46.1 Å². The fourth-order valence-corrected chi connectivity index (χ4v) is 4.88. The van der Waals surface area contributed by atoms with Gasteiger partial charge in [0.25, 0.3) is 5.91 Å². The van der Waals surface area contributed by atoms with E-state index in [-0.39, 0.29) is 5.91 Å². The Hall–Kier alpha value is -0.920. The molecular weight excluding hydrogens is 309 g/mol. The van der Waals surface area contributed by atoms with Crippen LogP contribution in [0.1, 0.15) is 10.5 Å². The van der Waals surface area contributed by atoms with Gasteiger partial charge >= 0.3 is 0 Å². The Balaban J connectivity index is 1.81. The third-order valence-electron chi connectivity index (χ3n) is 3.52. The number of nitrogens with zero attached hydrogens (tertiary/aromatic N) is 3. The number of anilines is 1. The van der Waals surface area contributed by atoms with Gasteiger partial charge < -0.3 is 20.1 Å². The van der Waals surface area contributed by atoms with E-state index in [0.717, 1.165) is 13.1 Å². The molecule has 1 aliphatic rings. The number of hydrogen-bond donors (Lipinski definition) is 2. The SMILES string of the molecule is CN1CCN(C)P1(=S)OCCNC(=O)c1cc(N)cn1C. The summed E-state index contributed by atoms with van der Waals surface area (Å²) < 4.78 is 11.7. The Kier molecular flexibility index (Phi) is 5.06. The van der Waals surface area contributed by atoms with E-state index in [1.807, 2.05) is 14.1 Å². The molecule has 7 nitrogen and oxygen atoms in total. The second kappa shape index (κ2) is 6.46. The number of rotatable bonds is 5. The molecule has 0 aromatic carbocycles. The second-order valence-electron chi connectivity index (χ2n) is 5.11. The van der Waals surface area contributed by atoms with Gasteiger partial charge in [-0.1, -0.05) is 0 Å². The Morgan fingerprint density at radius 2 is 2.05 bits per heavy atom. The highest BCUT2D eigenvalue weighted by Gasteiger charge is 2.34. The van der Waals surface area contributed by atoms with Gasteiger partial charge in [0.05, 0.1) is 12.3 Å². The Bertz CT molecular complexity index is 562. The van der Waals surface area contributed by atoms with Gasteiger partial charge in [0.15, 0.2) is 0 Å². The van der Waals surface area contributed by atoms with Crippen molar-refractivity contribution >= 4 is 30.0 Å². The number of nitrogens with one attached hydrogen (secondary N) is 1. The molecule has 118 valence electrons. The van der Waals surface area contributed by atoms with Gasteiger partial charge in [0.2, 0.25) is 6.57 Å². The summed E-state index contributed by atoms with van der Waals surface area (Å²) in [6.45, 7) is 0.594. The molecule has 21 heavy (non-hydrogen) atoms. The molecule has 0 bridgehead atoms. The van der Waals surface area contributed by atoms with E-state index in [4.69, 9.17) is 22.1 Å². The van der Waals surface area contributed by atoms with Crippen LogP contribution in [-0.4, -0.2) is 60.2 Å². The summed E-state index contributed by atoms with van der Waals surface area (Å²) in [7, 11) is 5.75. The maximum atomic E-state index is 12.0. The van der Waals surface area contributed by atoms with Crippen molar-refractivity contribution in [3.05, 3.63) is 18.0 Å². The number of likely N-dealkylation sites (N-methyl/N-ethyl adjacent to an activating group) is 2. The van der Waals surface area contributed by atoms with Crippen LogP contribution in [0.4, 0.5) is 5.69 Å². The van der Waals surface area contributed by atoms with Gasteiger partial charge in [-0.25, -0.2) is 9.34 Å². The predicted octanol–water partition coefficient (Wildman–Crippen LogP) is 0.455. The number of aryl methyl sites for hydroxylation is 1. The largest absolute Gasteiger partial charge is 0.397 e. The monoisotopic (exact) mass is 331 g/mol. The van der Waals surface area contributed by atoms with Crippen molar-refractivity contribution in [3.63, 3.8) is 0 Å². The highest BCUT2D eigenvalue weighted by atomic mass is 32.5. The Labute approximate surface area is 130 Å². The van der Waals surface area contributed by atoms with Crippen LogP contribution in [0.5, 0.6) is 0 Å². The Morgan fingerprint density at radius 1 is 1.43 bits per heavy atom. The van der Waals surface area contributed by atoms with E-state index in [0.29, 0.717) is 24.5 Å². The minimum atomic E-state index is -2.07. The number of hydrogen-bond acceptors (Lipinski definition) is 4. The topological polar surface area (TPSA) is 75.8 Å². The van der Waals surface area contributed by atoms with Crippen molar-refractivity contribution in [2.24, 2.45) is 7.05 Å². The van der Waals surface area contributed by atoms with Gasteiger partial charge in [-0.05, 0) is 32.0 Å². The van der Waals surface area contributed by atoms with Crippen molar-refractivity contribution < 1.29 is 9.32 Å². The highest BCUT2D eigenvalue weighted by Crippen LogP contribution is 2.55. The zero-order valence-electron chi connectivity index (χ0n) is 12.6. The summed E-state index contributed by atoms with van der Waals surface area (Å²) in [6.07, 6.45) is 1.71. The van der Waals surface area contributed by atoms with Crippen molar-refractivity contribution in [1.82, 2.24) is 19.2 Å². The van der Waals surface area contributed by atoms with Crippen LogP contribution >= 0.6 is 6.57 Å². The molecule has 0 aliphatic carbocycles. The lowest BCUT2D eigenvalue weighted by atomic mass is 10.4. The molecule has 1 aromatic heterocycles. The van der Waals surface area contributed by atoms with E-state index in [1.54, 1.807) is 23.9 Å². The fraction of sp³-hybridized carbons (Fsp3) is 0.583. The first-order valence-electron chi connectivity index (χ1n) is 6.72. The molecule has 0 atom stereocenters. The summed E-state index contributed by atoms with van der Waals surface area (Å²) in [5, 5.41) is 2.82. The third kappa shape index (κ3) is 3.46. The van der Waals surface area contributed by atoms with Gasteiger partial charge in [0, 0.05) is 32.9 Å². The lowest BCUT2D eigenvalue weighted by molar-refractivity contribution is 0.0939. The van der Waals surface area contributed by atoms with Crippen LogP contribution in [0.3, 0.4) is 0 Å². The molecule has 0 radical (unpaired) electrons. The average Bonchev–Trinajstić information content (AvgIpc) is 2.89. The van der Waals surface area contributed by atoms with Crippen LogP contribution in [0.2, 0.25) is 0 Å².